The van der Waals surface area contributed by atoms with E-state index in [2.05, 4.69) is 32.9 Å². The number of nitrogens with two attached hydrogens (primary N) is 1. The summed E-state index contributed by atoms with van der Waals surface area (Å²) in [7, 11) is 0. The number of hydrogen-bond acceptors (Lipinski definition) is 5. The molecule has 1 aromatic heterocycles. The van der Waals surface area contributed by atoms with Gasteiger partial charge in [0.2, 0.25) is 11.7 Å². The molecule has 0 aliphatic heterocycles. The van der Waals surface area contributed by atoms with Gasteiger partial charge in [-0.25, -0.2) is 0 Å². The van der Waals surface area contributed by atoms with Crippen LogP contribution in [-0.2, 0) is 11.2 Å². The third-order valence-corrected chi connectivity index (χ3v) is 6.78. The van der Waals surface area contributed by atoms with Gasteiger partial charge in [0.25, 0.3) is 5.56 Å². The van der Waals surface area contributed by atoms with E-state index in [0.29, 0.717) is 12.2 Å². The summed E-state index contributed by atoms with van der Waals surface area (Å²) in [6.07, 6.45) is 5.85. The van der Waals surface area contributed by atoms with Gasteiger partial charge in [-0.3, -0.25) is 9.59 Å². The highest BCUT2D eigenvalue weighted by molar-refractivity contribution is 8.00. The maximum atomic E-state index is 11.1. The van der Waals surface area contributed by atoms with E-state index in [1.807, 2.05) is 23.5 Å². The molecule has 0 aliphatic carbocycles. The van der Waals surface area contributed by atoms with Crippen LogP contribution in [0.1, 0.15) is 59.1 Å². The van der Waals surface area contributed by atoms with Gasteiger partial charge < -0.3 is 15.4 Å². The lowest BCUT2D eigenvalue weighted by molar-refractivity contribution is -0.113. The summed E-state index contributed by atoms with van der Waals surface area (Å²) in [5.41, 5.74) is 5.06. The number of carbonyl (C=O) groups is 1. The molecular formula is C21H37N2O4S2+. The molecule has 8 heteroatoms. The van der Waals surface area contributed by atoms with Gasteiger partial charge in [-0.15, -0.1) is 0 Å². The van der Waals surface area contributed by atoms with Crippen molar-refractivity contribution in [3.63, 3.8) is 0 Å². The molecule has 1 heterocycles. The molecule has 0 bridgehead atoms. The van der Waals surface area contributed by atoms with E-state index in [1.165, 1.54) is 18.6 Å². The van der Waals surface area contributed by atoms with Gasteiger partial charge in [-0.05, 0) is 53.1 Å². The molecule has 0 spiro atoms. The predicted molar refractivity (Wildman–Crippen MR) is 125 cm³/mol. The highest BCUT2D eigenvalue weighted by Gasteiger charge is 2.22. The fourth-order valence-electron chi connectivity index (χ4n) is 2.96. The van der Waals surface area contributed by atoms with Crippen LogP contribution in [0.5, 0.6) is 0 Å². The summed E-state index contributed by atoms with van der Waals surface area (Å²) in [6.45, 7) is 8.68. The summed E-state index contributed by atoms with van der Waals surface area (Å²) >= 11 is 3.94. The average Bonchev–Trinajstić information content (AvgIpc) is 2.95. The predicted octanol–water partition coefficient (Wildman–Crippen LogP) is 3.68. The second-order valence-corrected chi connectivity index (χ2v) is 11.5. The Balaban J connectivity index is 2.08. The molecule has 1 rings (SSSR count). The molecule has 1 amide bonds. The highest BCUT2D eigenvalue weighted by atomic mass is 32.2. The Bertz CT molecular complexity index is 708. The van der Waals surface area contributed by atoms with E-state index >= 15 is 0 Å². The van der Waals surface area contributed by atoms with Crippen molar-refractivity contribution in [1.82, 2.24) is 5.16 Å². The van der Waals surface area contributed by atoms with E-state index in [9.17, 15) is 9.59 Å². The minimum absolute atomic E-state index is 0.00890. The monoisotopic (exact) mass is 445 g/mol. The van der Waals surface area contributed by atoms with Gasteiger partial charge in [-0.1, -0.05) is 27.7 Å². The van der Waals surface area contributed by atoms with Crippen molar-refractivity contribution in [3.05, 3.63) is 34.0 Å². The lowest BCUT2D eigenvalue weighted by atomic mass is 9.85. The number of H-pyrrole nitrogens is 1. The Hall–Kier alpha value is -1.28. The van der Waals surface area contributed by atoms with E-state index in [-0.39, 0.29) is 16.4 Å². The topological polar surface area (TPSA) is 112 Å². The summed E-state index contributed by atoms with van der Waals surface area (Å²) in [5, 5.41) is 10.2. The van der Waals surface area contributed by atoms with Gasteiger partial charge in [0, 0.05) is 12.5 Å². The normalized spacial score (nSPS) is 13.0. The van der Waals surface area contributed by atoms with Crippen molar-refractivity contribution in [3.8, 4) is 0 Å². The van der Waals surface area contributed by atoms with Crippen LogP contribution in [0.2, 0.25) is 0 Å². The fourth-order valence-corrected chi connectivity index (χ4v) is 5.64. The van der Waals surface area contributed by atoms with E-state index < -0.39 is 5.91 Å². The maximum absolute atomic E-state index is 11.1. The molecular weight excluding hydrogens is 408 g/mol. The molecule has 0 aliphatic rings. The Morgan fingerprint density at radius 3 is 2.24 bits per heavy atom. The molecule has 166 valence electrons. The number of aromatic amines is 1. The van der Waals surface area contributed by atoms with Crippen LogP contribution in [0.25, 0.3) is 0 Å². The smallest absolute Gasteiger partial charge is 0.280 e. The Morgan fingerprint density at radius 2 is 1.72 bits per heavy atom. The summed E-state index contributed by atoms with van der Waals surface area (Å²) in [4.78, 5) is 22.0. The van der Waals surface area contributed by atoms with Crippen LogP contribution in [0.15, 0.2) is 27.2 Å². The van der Waals surface area contributed by atoms with Gasteiger partial charge >= 0.3 is 0 Å². The third kappa shape index (κ3) is 12.8. The van der Waals surface area contributed by atoms with Crippen LogP contribution in [0, 0.1) is 10.8 Å². The molecule has 29 heavy (non-hydrogen) atoms. The molecule has 6 nitrogen and oxygen atoms in total. The van der Waals surface area contributed by atoms with E-state index in [1.54, 1.807) is 0 Å². The minimum atomic E-state index is -0.544. The quantitative estimate of drug-likeness (QED) is 0.185. The van der Waals surface area contributed by atoms with Crippen molar-refractivity contribution in [2.75, 3.05) is 23.0 Å². The number of primary amides is 1. The average molecular weight is 446 g/mol. The van der Waals surface area contributed by atoms with Gasteiger partial charge in [-0.2, -0.15) is 28.7 Å². The second kappa shape index (κ2) is 12.4. The number of carbonyl (C=O) groups excluding carboxylic acids is 1. The van der Waals surface area contributed by atoms with Crippen LogP contribution in [-0.4, -0.2) is 39.2 Å². The number of allylic oxidation sites excluding steroid dienone is 1. The molecule has 0 unspecified atom stereocenters. The van der Waals surface area contributed by atoms with Crippen molar-refractivity contribution in [2.24, 2.45) is 16.6 Å². The zero-order valence-corrected chi connectivity index (χ0v) is 19.8. The summed E-state index contributed by atoms with van der Waals surface area (Å²) < 4.78 is 5.16. The molecule has 0 aromatic carbocycles. The zero-order chi connectivity index (χ0) is 21.9. The number of nitrogens with one attached hydrogen (secondary N) is 1. The first-order chi connectivity index (χ1) is 13.5. The van der Waals surface area contributed by atoms with Crippen LogP contribution >= 0.6 is 23.5 Å². The van der Waals surface area contributed by atoms with Gasteiger partial charge in [0.15, 0.2) is 0 Å². The molecule has 1 aromatic rings. The molecule has 0 radical (unpaired) electrons. The Morgan fingerprint density at radius 1 is 1.14 bits per heavy atom. The largest absolute Gasteiger partial charge is 0.596 e. The summed E-state index contributed by atoms with van der Waals surface area (Å²) in [6, 6.07) is 1.53. The number of amides is 1. The Labute approximate surface area is 182 Å². The Kier molecular flexibility index (Phi) is 11.0. The number of hydrogen-bond donors (Lipinski definition) is 2. The summed E-state index contributed by atoms with van der Waals surface area (Å²) in [5.74, 6) is 4.97. The molecule has 0 fully saturated rings. The van der Waals surface area contributed by atoms with Crippen molar-refractivity contribution < 1.29 is 14.4 Å². The molecule has 0 saturated heterocycles. The molecule has 0 atom stereocenters. The van der Waals surface area contributed by atoms with E-state index in [0.717, 1.165) is 48.0 Å². The van der Waals surface area contributed by atoms with E-state index in [4.69, 9.17) is 15.4 Å². The first-order valence-corrected chi connectivity index (χ1v) is 12.3. The van der Waals surface area contributed by atoms with Crippen LogP contribution in [0.4, 0.5) is 0 Å². The van der Waals surface area contributed by atoms with Crippen molar-refractivity contribution >= 4 is 29.4 Å². The second-order valence-electron chi connectivity index (χ2n) is 9.01. The first kappa shape index (κ1) is 25.8. The third-order valence-electron chi connectivity index (χ3n) is 4.64. The number of rotatable bonds is 15. The van der Waals surface area contributed by atoms with Crippen LogP contribution in [0.3, 0.4) is 0 Å². The molecule has 5 N–H and O–H groups in total. The lowest BCUT2D eigenvalue weighted by Gasteiger charge is -2.23. The minimum Gasteiger partial charge on any atom is -0.596 e. The number of thioether (sulfide) groups is 2. The van der Waals surface area contributed by atoms with Gasteiger partial charge in [0.1, 0.15) is 5.76 Å². The lowest BCUT2D eigenvalue weighted by Crippen LogP contribution is -2.16. The van der Waals surface area contributed by atoms with Crippen molar-refractivity contribution in [1.29, 1.82) is 0 Å². The number of aromatic nitrogens is 1. The zero-order valence-electron chi connectivity index (χ0n) is 18.1. The highest BCUT2D eigenvalue weighted by Crippen LogP contribution is 2.30. The fraction of sp³-hybridized carbons (Fsp3) is 0.714. The standard InChI is InChI=1S/C21H36N2O4S2/c1-20(2,14-16(24)12-18(22)25)6-10-28-8-5-9-29-11-7-21(3,4)15-17-13-19(26)23-27-17/h12-13,24H,5-11,14-15H2,1-4H3,(H2,22,25)(H,23,26)/p+1/b16-12-. The van der Waals surface area contributed by atoms with Crippen LogP contribution < -0.4 is 11.3 Å². The van der Waals surface area contributed by atoms with Crippen molar-refractivity contribution in [2.45, 2.75) is 59.8 Å². The molecule has 0 saturated carbocycles. The van der Waals surface area contributed by atoms with Gasteiger partial charge in [0.05, 0.1) is 12.5 Å². The maximum Gasteiger partial charge on any atom is 0.280 e. The SMILES string of the molecule is CC(C)(CCSCCCSCCC(C)(C)Cc1cc(=O)[nH]o1)C/C([OH2+])=C/C(N)=O. The first-order valence-electron chi connectivity index (χ1n) is 10.0.